The van der Waals surface area contributed by atoms with Gasteiger partial charge in [-0.15, -0.1) is 0 Å². The molecular formula is C20H29N3O. The van der Waals surface area contributed by atoms with Crippen molar-refractivity contribution < 1.29 is 5.11 Å². The first kappa shape index (κ1) is 17.2. The third-order valence-electron chi connectivity index (χ3n) is 5.13. The fourth-order valence-corrected chi connectivity index (χ4v) is 3.62. The number of hydrogen-bond donors (Lipinski definition) is 2. The van der Waals surface area contributed by atoms with E-state index >= 15 is 0 Å². The molecule has 4 heteroatoms. The Morgan fingerprint density at radius 3 is 2.79 bits per heavy atom. The Morgan fingerprint density at radius 1 is 1.21 bits per heavy atom. The topological polar surface area (TPSA) is 50.1 Å². The Balaban J connectivity index is 1.43. The van der Waals surface area contributed by atoms with Crippen LogP contribution in [0.25, 0.3) is 5.69 Å². The molecule has 1 aromatic heterocycles. The van der Waals surface area contributed by atoms with E-state index in [9.17, 15) is 5.11 Å². The molecule has 1 fully saturated rings. The maximum absolute atomic E-state index is 10.0. The summed E-state index contributed by atoms with van der Waals surface area (Å²) < 4.78 is 1.95. The summed E-state index contributed by atoms with van der Waals surface area (Å²) in [5.74, 6) is 0.517. The number of aryl methyl sites for hydroxylation is 1. The van der Waals surface area contributed by atoms with E-state index in [2.05, 4.69) is 35.7 Å². The van der Waals surface area contributed by atoms with E-state index in [1.54, 1.807) is 0 Å². The molecule has 2 atom stereocenters. The van der Waals surface area contributed by atoms with Gasteiger partial charge in [-0.25, -0.2) is 4.68 Å². The van der Waals surface area contributed by atoms with Crippen molar-refractivity contribution in [3.63, 3.8) is 0 Å². The number of aliphatic hydroxyl groups excluding tert-OH is 1. The minimum atomic E-state index is -0.0647. The van der Waals surface area contributed by atoms with Crippen molar-refractivity contribution in [3.05, 3.63) is 47.8 Å². The Morgan fingerprint density at radius 2 is 2.00 bits per heavy atom. The lowest BCUT2D eigenvalue weighted by molar-refractivity contribution is 0.0643. The van der Waals surface area contributed by atoms with Gasteiger partial charge < -0.3 is 10.4 Å². The van der Waals surface area contributed by atoms with Crippen LogP contribution in [0, 0.1) is 12.8 Å². The van der Waals surface area contributed by atoms with Crippen molar-refractivity contribution in [2.75, 3.05) is 6.54 Å². The lowest BCUT2D eigenvalue weighted by Gasteiger charge is -2.27. The van der Waals surface area contributed by atoms with Gasteiger partial charge in [0.15, 0.2) is 0 Å². The van der Waals surface area contributed by atoms with Crippen LogP contribution in [0.4, 0.5) is 0 Å². The monoisotopic (exact) mass is 327 g/mol. The van der Waals surface area contributed by atoms with Gasteiger partial charge >= 0.3 is 0 Å². The number of hydrogen-bond acceptors (Lipinski definition) is 3. The van der Waals surface area contributed by atoms with Crippen molar-refractivity contribution in [3.8, 4) is 5.69 Å². The van der Waals surface area contributed by atoms with E-state index in [-0.39, 0.29) is 6.10 Å². The van der Waals surface area contributed by atoms with Crippen LogP contribution >= 0.6 is 0 Å². The van der Waals surface area contributed by atoms with Crippen LogP contribution in [0.15, 0.2) is 36.5 Å². The first-order valence-corrected chi connectivity index (χ1v) is 9.23. The van der Waals surface area contributed by atoms with Gasteiger partial charge in [-0.05, 0) is 57.2 Å². The zero-order valence-electron chi connectivity index (χ0n) is 14.6. The second kappa shape index (κ2) is 8.45. The lowest BCUT2D eigenvalue weighted by Crippen LogP contribution is -2.25. The molecule has 0 aliphatic heterocycles. The molecule has 0 amide bonds. The van der Waals surface area contributed by atoms with Crippen LogP contribution in [-0.2, 0) is 6.54 Å². The summed E-state index contributed by atoms with van der Waals surface area (Å²) in [5.41, 5.74) is 3.42. The fourth-order valence-electron chi connectivity index (χ4n) is 3.62. The van der Waals surface area contributed by atoms with Gasteiger partial charge in [-0.2, -0.15) is 5.10 Å². The van der Waals surface area contributed by atoms with Crippen molar-refractivity contribution in [2.45, 2.75) is 58.1 Å². The molecule has 1 aromatic carbocycles. The second-order valence-corrected chi connectivity index (χ2v) is 6.95. The fraction of sp³-hybridized carbons (Fsp3) is 0.550. The van der Waals surface area contributed by atoms with E-state index in [4.69, 9.17) is 0 Å². The lowest BCUT2D eigenvalue weighted by atomic mass is 9.83. The first-order chi connectivity index (χ1) is 11.7. The van der Waals surface area contributed by atoms with Gasteiger partial charge in [-0.1, -0.05) is 31.0 Å². The first-order valence-electron chi connectivity index (χ1n) is 9.23. The van der Waals surface area contributed by atoms with E-state index in [0.717, 1.165) is 43.7 Å². The summed E-state index contributed by atoms with van der Waals surface area (Å²) in [7, 11) is 0. The normalized spacial score (nSPS) is 21.1. The molecule has 0 saturated heterocycles. The molecule has 3 rings (SSSR count). The predicted molar refractivity (Wildman–Crippen MR) is 97.2 cm³/mol. The van der Waals surface area contributed by atoms with Crippen LogP contribution in [0.3, 0.4) is 0 Å². The molecule has 24 heavy (non-hydrogen) atoms. The molecule has 0 bridgehead atoms. The van der Waals surface area contributed by atoms with E-state index < -0.39 is 0 Å². The summed E-state index contributed by atoms with van der Waals surface area (Å²) >= 11 is 0. The molecule has 4 nitrogen and oxygen atoms in total. The zero-order chi connectivity index (χ0) is 16.8. The smallest absolute Gasteiger partial charge is 0.0645 e. The number of rotatable bonds is 7. The number of benzene rings is 1. The maximum atomic E-state index is 10.0. The van der Waals surface area contributed by atoms with E-state index in [1.165, 1.54) is 24.8 Å². The Bertz CT molecular complexity index is 623. The summed E-state index contributed by atoms with van der Waals surface area (Å²) in [6, 6.07) is 10.2. The van der Waals surface area contributed by atoms with E-state index in [0.29, 0.717) is 5.92 Å². The molecule has 1 aliphatic rings. The molecule has 1 aliphatic carbocycles. The average molecular weight is 327 g/mol. The third kappa shape index (κ3) is 4.46. The Labute approximate surface area is 144 Å². The predicted octanol–water partition coefficient (Wildman–Crippen LogP) is 3.60. The number of para-hydroxylation sites is 1. The van der Waals surface area contributed by atoms with Crippen LogP contribution in [0.5, 0.6) is 0 Å². The minimum Gasteiger partial charge on any atom is -0.393 e. The second-order valence-electron chi connectivity index (χ2n) is 6.95. The maximum Gasteiger partial charge on any atom is 0.0645 e. The standard InChI is InChI=1S/C20H29N3O/c1-16-18(15-23(22-16)19-10-3-2-4-11-19)14-21-13-7-9-17-8-5-6-12-20(17)24/h2-4,10-11,15,17,20-21,24H,5-9,12-14H2,1H3. The van der Waals surface area contributed by atoms with Gasteiger partial charge in [0.05, 0.1) is 17.5 Å². The molecule has 1 heterocycles. The molecule has 2 N–H and O–H groups in total. The summed E-state index contributed by atoms with van der Waals surface area (Å²) in [6.07, 6.45) is 8.99. The van der Waals surface area contributed by atoms with Gasteiger partial charge in [0.1, 0.15) is 0 Å². The van der Waals surface area contributed by atoms with Crippen molar-refractivity contribution in [1.82, 2.24) is 15.1 Å². The Kier molecular flexibility index (Phi) is 6.05. The number of nitrogens with one attached hydrogen (secondary N) is 1. The van der Waals surface area contributed by atoms with Gasteiger partial charge in [-0.3, -0.25) is 0 Å². The highest BCUT2D eigenvalue weighted by molar-refractivity contribution is 5.32. The molecule has 2 aromatic rings. The minimum absolute atomic E-state index is 0.0647. The van der Waals surface area contributed by atoms with Crippen molar-refractivity contribution in [2.24, 2.45) is 5.92 Å². The third-order valence-corrected chi connectivity index (χ3v) is 5.13. The summed E-state index contributed by atoms with van der Waals surface area (Å²) in [6.45, 7) is 3.92. The molecule has 0 radical (unpaired) electrons. The van der Waals surface area contributed by atoms with Gasteiger partial charge in [0, 0.05) is 18.3 Å². The van der Waals surface area contributed by atoms with E-state index in [1.807, 2.05) is 22.9 Å². The average Bonchev–Trinajstić information content (AvgIpc) is 2.98. The molecule has 130 valence electrons. The highest BCUT2D eigenvalue weighted by atomic mass is 16.3. The molecule has 1 saturated carbocycles. The van der Waals surface area contributed by atoms with Crippen molar-refractivity contribution in [1.29, 1.82) is 0 Å². The summed E-state index contributed by atoms with van der Waals surface area (Å²) in [5, 5.41) is 18.2. The van der Waals surface area contributed by atoms with Crippen LogP contribution in [0.2, 0.25) is 0 Å². The van der Waals surface area contributed by atoms with Crippen LogP contribution < -0.4 is 5.32 Å². The molecular weight excluding hydrogens is 298 g/mol. The number of aromatic nitrogens is 2. The van der Waals surface area contributed by atoms with Crippen LogP contribution in [0.1, 0.15) is 49.8 Å². The number of nitrogens with zero attached hydrogens (tertiary/aromatic N) is 2. The molecule has 0 spiro atoms. The Hall–Kier alpha value is -1.65. The molecule has 2 unspecified atom stereocenters. The highest BCUT2D eigenvalue weighted by Crippen LogP contribution is 2.27. The quantitative estimate of drug-likeness (QED) is 0.764. The SMILES string of the molecule is Cc1nn(-c2ccccc2)cc1CNCCCC1CCCCC1O. The zero-order valence-corrected chi connectivity index (χ0v) is 14.6. The van der Waals surface area contributed by atoms with Crippen LogP contribution in [-0.4, -0.2) is 27.5 Å². The largest absolute Gasteiger partial charge is 0.393 e. The van der Waals surface area contributed by atoms with Crippen molar-refractivity contribution >= 4 is 0 Å². The summed E-state index contributed by atoms with van der Waals surface area (Å²) in [4.78, 5) is 0. The van der Waals surface area contributed by atoms with Gasteiger partial charge in [0.2, 0.25) is 0 Å². The highest BCUT2D eigenvalue weighted by Gasteiger charge is 2.22. The number of aliphatic hydroxyl groups is 1. The van der Waals surface area contributed by atoms with Gasteiger partial charge in [0.25, 0.3) is 0 Å².